The van der Waals surface area contributed by atoms with Gasteiger partial charge < -0.3 is 4.74 Å². The number of hydrogen-bond donors (Lipinski definition) is 0. The monoisotopic (exact) mass is 320 g/mol. The van der Waals surface area contributed by atoms with Crippen LogP contribution in [0.2, 0.25) is 10.0 Å². The standard InChI is InChI=1S/C13H11Cl3O3/c1-8(17)10(13(18)19-6-5-14)7-9-3-2-4-11(15)12(9)16/h2-4,7H,5-6H2,1H3. The van der Waals surface area contributed by atoms with Gasteiger partial charge >= 0.3 is 5.97 Å². The Morgan fingerprint density at radius 3 is 2.58 bits per heavy atom. The lowest BCUT2D eigenvalue weighted by Crippen LogP contribution is -2.14. The molecule has 0 N–H and O–H groups in total. The molecule has 19 heavy (non-hydrogen) atoms. The van der Waals surface area contributed by atoms with E-state index in [0.717, 1.165) is 0 Å². The van der Waals surface area contributed by atoms with E-state index in [-0.39, 0.29) is 23.1 Å². The molecule has 0 saturated heterocycles. The first kappa shape index (κ1) is 16.0. The summed E-state index contributed by atoms with van der Waals surface area (Å²) in [6.45, 7) is 1.31. The highest BCUT2D eigenvalue weighted by Crippen LogP contribution is 2.27. The quantitative estimate of drug-likeness (QED) is 0.273. The number of benzene rings is 1. The van der Waals surface area contributed by atoms with Crippen LogP contribution in [0.1, 0.15) is 12.5 Å². The van der Waals surface area contributed by atoms with E-state index in [2.05, 4.69) is 0 Å². The molecule has 3 nitrogen and oxygen atoms in total. The summed E-state index contributed by atoms with van der Waals surface area (Å²) < 4.78 is 4.82. The van der Waals surface area contributed by atoms with E-state index < -0.39 is 11.8 Å². The van der Waals surface area contributed by atoms with Gasteiger partial charge in [0.25, 0.3) is 0 Å². The highest BCUT2D eigenvalue weighted by molar-refractivity contribution is 6.43. The van der Waals surface area contributed by atoms with Crippen LogP contribution in [0.4, 0.5) is 0 Å². The van der Waals surface area contributed by atoms with Gasteiger partial charge in [0.1, 0.15) is 12.2 Å². The maximum atomic E-state index is 11.7. The van der Waals surface area contributed by atoms with Crippen molar-refractivity contribution in [2.45, 2.75) is 6.92 Å². The molecule has 1 rings (SSSR count). The van der Waals surface area contributed by atoms with Gasteiger partial charge in [0.15, 0.2) is 5.78 Å². The molecule has 0 fully saturated rings. The smallest absolute Gasteiger partial charge is 0.341 e. The lowest BCUT2D eigenvalue weighted by Gasteiger charge is -2.06. The van der Waals surface area contributed by atoms with Crippen molar-refractivity contribution in [3.63, 3.8) is 0 Å². The number of halogens is 3. The van der Waals surface area contributed by atoms with Crippen LogP contribution in [-0.2, 0) is 14.3 Å². The zero-order valence-electron chi connectivity index (χ0n) is 10.1. The average Bonchev–Trinajstić information content (AvgIpc) is 2.37. The number of hydrogen-bond acceptors (Lipinski definition) is 3. The molecular formula is C13H11Cl3O3. The second kappa shape index (κ2) is 7.53. The van der Waals surface area contributed by atoms with Crippen molar-refractivity contribution in [1.82, 2.24) is 0 Å². The topological polar surface area (TPSA) is 43.4 Å². The van der Waals surface area contributed by atoms with Crippen molar-refractivity contribution < 1.29 is 14.3 Å². The molecule has 0 amide bonds. The van der Waals surface area contributed by atoms with Gasteiger partial charge in [-0.25, -0.2) is 4.79 Å². The van der Waals surface area contributed by atoms with Crippen LogP contribution in [0.15, 0.2) is 23.8 Å². The molecule has 0 aliphatic rings. The molecule has 1 aromatic rings. The molecule has 0 aromatic heterocycles. The van der Waals surface area contributed by atoms with E-state index in [1.54, 1.807) is 18.2 Å². The number of Topliss-reactive ketones (excluding diaryl/α,β-unsaturated/α-hetero) is 1. The predicted octanol–water partition coefficient (Wildman–Crippen LogP) is 3.75. The molecule has 0 atom stereocenters. The number of carbonyl (C=O) groups excluding carboxylic acids is 2. The van der Waals surface area contributed by atoms with Gasteiger partial charge in [0, 0.05) is 0 Å². The fourth-order valence-electron chi connectivity index (χ4n) is 1.30. The molecule has 1 aromatic carbocycles. The molecule has 6 heteroatoms. The minimum Gasteiger partial charge on any atom is -0.461 e. The third kappa shape index (κ3) is 4.53. The summed E-state index contributed by atoms with van der Waals surface area (Å²) in [6.07, 6.45) is 1.35. The van der Waals surface area contributed by atoms with Gasteiger partial charge in [0.05, 0.1) is 15.9 Å². The Bertz CT molecular complexity index is 524. The van der Waals surface area contributed by atoms with Crippen molar-refractivity contribution in [2.75, 3.05) is 12.5 Å². The van der Waals surface area contributed by atoms with Crippen LogP contribution in [-0.4, -0.2) is 24.2 Å². The Balaban J connectivity index is 3.11. The second-order valence-corrected chi connectivity index (χ2v) is 4.75. The number of rotatable bonds is 5. The lowest BCUT2D eigenvalue weighted by atomic mass is 10.1. The van der Waals surface area contributed by atoms with Crippen LogP contribution in [0.5, 0.6) is 0 Å². The van der Waals surface area contributed by atoms with Crippen LogP contribution < -0.4 is 0 Å². The summed E-state index contributed by atoms with van der Waals surface area (Å²) in [5.74, 6) is -0.991. The SMILES string of the molecule is CC(=O)C(=Cc1cccc(Cl)c1Cl)C(=O)OCCCl. The van der Waals surface area contributed by atoms with Crippen LogP contribution >= 0.6 is 34.8 Å². The van der Waals surface area contributed by atoms with Gasteiger partial charge in [-0.05, 0) is 24.6 Å². The molecule has 0 bridgehead atoms. The summed E-state index contributed by atoms with van der Waals surface area (Å²) in [4.78, 5) is 23.2. The fourth-order valence-corrected chi connectivity index (χ4v) is 1.74. The summed E-state index contributed by atoms with van der Waals surface area (Å²) in [5, 5.41) is 0.612. The van der Waals surface area contributed by atoms with E-state index in [1.165, 1.54) is 13.0 Å². The maximum absolute atomic E-state index is 11.7. The summed E-state index contributed by atoms with van der Waals surface area (Å²) in [6, 6.07) is 4.92. The van der Waals surface area contributed by atoms with Crippen molar-refractivity contribution in [1.29, 1.82) is 0 Å². The van der Waals surface area contributed by atoms with E-state index in [9.17, 15) is 9.59 Å². The Hall–Kier alpha value is -1.03. The van der Waals surface area contributed by atoms with E-state index >= 15 is 0 Å². The number of esters is 1. The van der Waals surface area contributed by atoms with Gasteiger partial charge in [-0.3, -0.25) is 4.79 Å². The molecule has 0 saturated carbocycles. The Kier molecular flexibility index (Phi) is 6.35. The molecule has 102 valence electrons. The van der Waals surface area contributed by atoms with Crippen molar-refractivity contribution in [3.8, 4) is 0 Å². The van der Waals surface area contributed by atoms with Gasteiger partial charge in [-0.2, -0.15) is 0 Å². The Labute approximate surface area is 126 Å². The first-order valence-electron chi connectivity index (χ1n) is 5.37. The maximum Gasteiger partial charge on any atom is 0.341 e. The molecule has 0 heterocycles. The third-order valence-corrected chi connectivity index (χ3v) is 3.18. The number of carbonyl (C=O) groups is 2. The second-order valence-electron chi connectivity index (χ2n) is 3.58. The molecule has 0 spiro atoms. The highest BCUT2D eigenvalue weighted by Gasteiger charge is 2.17. The van der Waals surface area contributed by atoms with Crippen molar-refractivity contribution in [2.24, 2.45) is 0 Å². The minimum absolute atomic E-state index is 0.0360. The summed E-state index contributed by atoms with van der Waals surface area (Å²) >= 11 is 17.3. The average molecular weight is 322 g/mol. The predicted molar refractivity (Wildman–Crippen MR) is 76.8 cm³/mol. The summed E-state index contributed by atoms with van der Waals surface area (Å²) in [5.41, 5.74) is 0.372. The fraction of sp³-hybridized carbons (Fsp3) is 0.231. The Morgan fingerprint density at radius 1 is 1.32 bits per heavy atom. The molecule has 0 aliphatic carbocycles. The zero-order valence-corrected chi connectivity index (χ0v) is 12.4. The number of alkyl halides is 1. The summed E-state index contributed by atoms with van der Waals surface area (Å²) in [7, 11) is 0. The van der Waals surface area contributed by atoms with Crippen LogP contribution in [0, 0.1) is 0 Å². The van der Waals surface area contributed by atoms with Crippen molar-refractivity contribution in [3.05, 3.63) is 39.4 Å². The zero-order chi connectivity index (χ0) is 14.4. The van der Waals surface area contributed by atoms with Gasteiger partial charge in [0.2, 0.25) is 0 Å². The van der Waals surface area contributed by atoms with E-state index in [1.807, 2.05) is 0 Å². The molecule has 0 unspecified atom stereocenters. The molecule has 0 aliphatic heterocycles. The first-order valence-corrected chi connectivity index (χ1v) is 6.66. The van der Waals surface area contributed by atoms with E-state index in [0.29, 0.717) is 10.6 Å². The van der Waals surface area contributed by atoms with Crippen molar-refractivity contribution >= 4 is 52.6 Å². The molecular weight excluding hydrogens is 310 g/mol. The van der Waals surface area contributed by atoms with Crippen LogP contribution in [0.3, 0.4) is 0 Å². The van der Waals surface area contributed by atoms with E-state index in [4.69, 9.17) is 39.5 Å². The largest absolute Gasteiger partial charge is 0.461 e. The Morgan fingerprint density at radius 2 is 2.00 bits per heavy atom. The van der Waals surface area contributed by atoms with Gasteiger partial charge in [-0.1, -0.05) is 35.3 Å². The highest BCUT2D eigenvalue weighted by atomic mass is 35.5. The molecule has 0 radical (unpaired) electrons. The third-order valence-electron chi connectivity index (χ3n) is 2.19. The normalized spacial score (nSPS) is 11.3. The van der Waals surface area contributed by atoms with Crippen LogP contribution in [0.25, 0.3) is 6.08 Å². The first-order chi connectivity index (χ1) is 8.97. The number of ether oxygens (including phenoxy) is 1. The lowest BCUT2D eigenvalue weighted by molar-refractivity contribution is -0.139. The van der Waals surface area contributed by atoms with Gasteiger partial charge in [-0.15, -0.1) is 11.6 Å². The minimum atomic E-state index is -0.732. The number of ketones is 1.